The molecule has 148 valence electrons. The highest BCUT2D eigenvalue weighted by Gasteiger charge is 2.27. The maximum Gasteiger partial charge on any atom is 0.329 e. The number of nitrogens with one attached hydrogen (secondary N) is 1. The molecule has 0 saturated carbocycles. The van der Waals surface area contributed by atoms with E-state index < -0.39 is 11.9 Å². The lowest BCUT2D eigenvalue weighted by molar-refractivity contribution is -0.141. The lowest BCUT2D eigenvalue weighted by Crippen LogP contribution is -2.38. The maximum absolute atomic E-state index is 12.1. The number of nitriles is 1. The van der Waals surface area contributed by atoms with E-state index in [2.05, 4.69) is 27.1 Å². The Hall–Kier alpha value is -2.72. The monoisotopic (exact) mass is 381 g/mol. The molecule has 0 amide bonds. The molecular formula is C21H27N5O2. The van der Waals surface area contributed by atoms with Gasteiger partial charge in [0, 0.05) is 19.1 Å². The Labute approximate surface area is 165 Å². The smallest absolute Gasteiger partial charge is 0.329 e. The SMILES string of the molecule is COC(=O)C(C#N)c1nc2ccccc2nc1NCCCN1CCCCC1C. The minimum atomic E-state index is -1.10. The van der Waals surface area contributed by atoms with Crippen molar-refractivity contribution in [2.24, 2.45) is 0 Å². The number of fused-ring (bicyclic) bond motifs is 1. The molecule has 1 aliphatic heterocycles. The average molecular weight is 381 g/mol. The predicted molar refractivity (Wildman–Crippen MR) is 108 cm³/mol. The number of benzene rings is 1. The molecule has 1 fully saturated rings. The molecule has 2 unspecified atom stereocenters. The number of hydrogen-bond donors (Lipinski definition) is 1. The number of carbonyl (C=O) groups excluding carboxylic acids is 1. The number of anilines is 1. The Bertz CT molecular complexity index is 863. The molecule has 1 aromatic heterocycles. The molecule has 0 aliphatic carbocycles. The third kappa shape index (κ3) is 4.57. The first-order chi connectivity index (χ1) is 13.6. The number of nitrogens with zero attached hydrogens (tertiary/aromatic N) is 4. The molecule has 0 spiro atoms. The van der Waals surface area contributed by atoms with Crippen LogP contribution in [0.5, 0.6) is 0 Å². The summed E-state index contributed by atoms with van der Waals surface area (Å²) < 4.78 is 4.78. The zero-order chi connectivity index (χ0) is 19.9. The standard InChI is InChI=1S/C21H27N5O2/c1-15-8-5-6-12-26(15)13-7-11-23-20-19(16(14-22)21(27)28-2)24-17-9-3-4-10-18(17)25-20/h3-4,9-10,15-16H,5-8,11-13H2,1-2H3,(H,23,25). The van der Waals surface area contributed by atoms with Crippen molar-refractivity contribution in [1.82, 2.24) is 14.9 Å². The largest absolute Gasteiger partial charge is 0.468 e. The summed E-state index contributed by atoms with van der Waals surface area (Å²) in [7, 11) is 1.27. The van der Waals surface area contributed by atoms with Crippen molar-refractivity contribution >= 4 is 22.8 Å². The molecule has 3 rings (SSSR count). The Morgan fingerprint density at radius 3 is 2.79 bits per heavy atom. The number of para-hydroxylation sites is 2. The molecule has 2 heterocycles. The number of ether oxygens (including phenoxy) is 1. The quantitative estimate of drug-likeness (QED) is 0.582. The molecule has 1 saturated heterocycles. The number of likely N-dealkylation sites (tertiary alicyclic amines) is 1. The average Bonchev–Trinajstić information content (AvgIpc) is 2.72. The van der Waals surface area contributed by atoms with E-state index in [1.54, 1.807) is 0 Å². The van der Waals surface area contributed by atoms with E-state index in [0.717, 1.165) is 25.0 Å². The van der Waals surface area contributed by atoms with Gasteiger partial charge in [-0.3, -0.25) is 4.79 Å². The van der Waals surface area contributed by atoms with E-state index in [1.165, 1.54) is 26.4 Å². The van der Waals surface area contributed by atoms with Gasteiger partial charge in [0.25, 0.3) is 0 Å². The summed E-state index contributed by atoms with van der Waals surface area (Å²) in [6, 6.07) is 10.1. The molecule has 28 heavy (non-hydrogen) atoms. The molecule has 1 N–H and O–H groups in total. The van der Waals surface area contributed by atoms with Crippen molar-refractivity contribution in [3.63, 3.8) is 0 Å². The van der Waals surface area contributed by atoms with Crippen LogP contribution in [0.4, 0.5) is 5.82 Å². The van der Waals surface area contributed by atoms with Crippen molar-refractivity contribution in [2.45, 2.75) is 44.6 Å². The molecule has 1 aliphatic rings. The summed E-state index contributed by atoms with van der Waals surface area (Å²) in [5, 5.41) is 12.8. The van der Waals surface area contributed by atoms with Crippen LogP contribution in [0.15, 0.2) is 24.3 Å². The summed E-state index contributed by atoms with van der Waals surface area (Å²) in [6.07, 6.45) is 4.79. The first-order valence-electron chi connectivity index (χ1n) is 9.86. The first-order valence-corrected chi connectivity index (χ1v) is 9.86. The van der Waals surface area contributed by atoms with Gasteiger partial charge in [0.05, 0.1) is 24.2 Å². The summed E-state index contributed by atoms with van der Waals surface area (Å²) in [6.45, 7) is 5.15. The van der Waals surface area contributed by atoms with Crippen molar-refractivity contribution < 1.29 is 9.53 Å². The van der Waals surface area contributed by atoms with Gasteiger partial charge in [-0.15, -0.1) is 0 Å². The number of methoxy groups -OCH3 is 1. The molecule has 0 bridgehead atoms. The number of carbonyl (C=O) groups is 1. The molecule has 0 radical (unpaired) electrons. The molecular weight excluding hydrogens is 354 g/mol. The van der Waals surface area contributed by atoms with Crippen LogP contribution in [-0.2, 0) is 9.53 Å². The van der Waals surface area contributed by atoms with Gasteiger partial charge in [-0.2, -0.15) is 5.26 Å². The zero-order valence-corrected chi connectivity index (χ0v) is 16.5. The summed E-state index contributed by atoms with van der Waals surface area (Å²) in [5.41, 5.74) is 1.69. The fourth-order valence-electron chi connectivity index (χ4n) is 3.67. The minimum absolute atomic E-state index is 0.319. The van der Waals surface area contributed by atoms with E-state index in [1.807, 2.05) is 30.3 Å². The molecule has 2 atom stereocenters. The van der Waals surface area contributed by atoms with Crippen LogP contribution in [0.2, 0.25) is 0 Å². The second-order valence-corrected chi connectivity index (χ2v) is 7.19. The van der Waals surface area contributed by atoms with Gasteiger partial charge in [0.15, 0.2) is 11.7 Å². The van der Waals surface area contributed by atoms with Crippen LogP contribution in [-0.4, -0.2) is 53.6 Å². The fraction of sp³-hybridized carbons (Fsp3) is 0.524. The number of piperidine rings is 1. The van der Waals surface area contributed by atoms with Crippen LogP contribution in [0.1, 0.15) is 44.2 Å². The van der Waals surface area contributed by atoms with Crippen molar-refractivity contribution in [1.29, 1.82) is 5.26 Å². The molecule has 7 heteroatoms. The van der Waals surface area contributed by atoms with E-state index in [4.69, 9.17) is 4.74 Å². The summed E-state index contributed by atoms with van der Waals surface area (Å²) in [4.78, 5) is 23.7. The number of aromatic nitrogens is 2. The lowest BCUT2D eigenvalue weighted by atomic mass is 10.0. The van der Waals surface area contributed by atoms with Crippen LogP contribution in [0.3, 0.4) is 0 Å². The van der Waals surface area contributed by atoms with E-state index in [9.17, 15) is 10.1 Å². The van der Waals surface area contributed by atoms with Crippen LogP contribution in [0.25, 0.3) is 11.0 Å². The maximum atomic E-state index is 12.1. The summed E-state index contributed by atoms with van der Waals surface area (Å²) in [5.74, 6) is -1.26. The van der Waals surface area contributed by atoms with Gasteiger partial charge in [-0.1, -0.05) is 18.6 Å². The summed E-state index contributed by atoms with van der Waals surface area (Å²) >= 11 is 0. The van der Waals surface area contributed by atoms with Crippen molar-refractivity contribution in [3.8, 4) is 6.07 Å². The second kappa shape index (κ2) is 9.47. The Balaban J connectivity index is 1.75. The second-order valence-electron chi connectivity index (χ2n) is 7.19. The Kier molecular flexibility index (Phi) is 6.77. The molecule has 2 aromatic rings. The lowest BCUT2D eigenvalue weighted by Gasteiger charge is -2.33. The first kappa shape index (κ1) is 20.0. The molecule has 1 aromatic carbocycles. The van der Waals surface area contributed by atoms with Crippen LogP contribution < -0.4 is 5.32 Å². The third-order valence-electron chi connectivity index (χ3n) is 5.29. The highest BCUT2D eigenvalue weighted by atomic mass is 16.5. The topological polar surface area (TPSA) is 91.1 Å². The van der Waals surface area contributed by atoms with Gasteiger partial charge in [0.1, 0.15) is 5.69 Å². The number of esters is 1. The van der Waals surface area contributed by atoms with E-state index in [-0.39, 0.29) is 0 Å². The Morgan fingerprint density at radius 1 is 1.36 bits per heavy atom. The third-order valence-corrected chi connectivity index (χ3v) is 5.29. The molecule has 7 nitrogen and oxygen atoms in total. The van der Waals surface area contributed by atoms with E-state index in [0.29, 0.717) is 29.6 Å². The van der Waals surface area contributed by atoms with E-state index >= 15 is 0 Å². The van der Waals surface area contributed by atoms with Crippen molar-refractivity contribution in [2.75, 3.05) is 32.1 Å². The fourth-order valence-corrected chi connectivity index (χ4v) is 3.67. The minimum Gasteiger partial charge on any atom is -0.468 e. The van der Waals surface area contributed by atoms with Gasteiger partial charge in [-0.25, -0.2) is 9.97 Å². The predicted octanol–water partition coefficient (Wildman–Crippen LogP) is 3.09. The normalized spacial score (nSPS) is 18.4. The van der Waals surface area contributed by atoms with Gasteiger partial charge < -0.3 is 15.0 Å². The van der Waals surface area contributed by atoms with Gasteiger partial charge in [-0.05, 0) is 44.9 Å². The van der Waals surface area contributed by atoms with Crippen molar-refractivity contribution in [3.05, 3.63) is 30.0 Å². The Morgan fingerprint density at radius 2 is 2.11 bits per heavy atom. The van der Waals surface area contributed by atoms with Crippen LogP contribution >= 0.6 is 0 Å². The highest BCUT2D eigenvalue weighted by Crippen LogP contribution is 2.25. The zero-order valence-electron chi connectivity index (χ0n) is 16.5. The highest BCUT2D eigenvalue weighted by molar-refractivity contribution is 5.84. The van der Waals surface area contributed by atoms with Crippen LogP contribution in [0, 0.1) is 11.3 Å². The van der Waals surface area contributed by atoms with Gasteiger partial charge in [0.2, 0.25) is 0 Å². The van der Waals surface area contributed by atoms with Gasteiger partial charge >= 0.3 is 5.97 Å². The number of rotatable bonds is 7. The number of hydrogen-bond acceptors (Lipinski definition) is 7.